The number of halogens is 1. The fraction of sp³-hybridized carbons (Fsp3) is 0.286. The molecule has 0 fully saturated rings. The van der Waals surface area contributed by atoms with Crippen LogP contribution in [-0.4, -0.2) is 8.97 Å². The number of nitrogens with zero attached hydrogens (tertiary/aromatic N) is 3. The van der Waals surface area contributed by atoms with E-state index in [1.54, 1.807) is 12.1 Å². The lowest BCUT2D eigenvalue weighted by Crippen LogP contribution is -2.33. The first-order valence-corrected chi connectivity index (χ1v) is 8.94. The first-order chi connectivity index (χ1) is 12.1. The van der Waals surface area contributed by atoms with E-state index in [9.17, 15) is 4.39 Å². The third-order valence-electron chi connectivity index (χ3n) is 5.54. The Balaban J connectivity index is 1.88. The highest BCUT2D eigenvalue weighted by molar-refractivity contribution is 5.79. The van der Waals surface area contributed by atoms with Gasteiger partial charge >= 0.3 is 5.78 Å². The van der Waals surface area contributed by atoms with E-state index >= 15 is 0 Å². The molecule has 0 saturated carbocycles. The van der Waals surface area contributed by atoms with E-state index in [0.29, 0.717) is 0 Å². The predicted molar refractivity (Wildman–Crippen MR) is 97.2 cm³/mol. The van der Waals surface area contributed by atoms with Crippen molar-refractivity contribution in [1.29, 1.82) is 0 Å². The average Bonchev–Trinajstić information content (AvgIpc) is 2.99. The van der Waals surface area contributed by atoms with E-state index < -0.39 is 0 Å². The van der Waals surface area contributed by atoms with Gasteiger partial charge in [0.25, 0.3) is 0 Å². The van der Waals surface area contributed by atoms with Gasteiger partial charge in [0.15, 0.2) is 0 Å². The number of imidazole rings is 2. The lowest BCUT2D eigenvalue weighted by molar-refractivity contribution is -0.647. The van der Waals surface area contributed by atoms with E-state index in [-0.39, 0.29) is 5.82 Å². The van der Waals surface area contributed by atoms with Gasteiger partial charge < -0.3 is 0 Å². The van der Waals surface area contributed by atoms with Crippen LogP contribution in [0.4, 0.5) is 4.39 Å². The number of aryl methyl sites for hydroxylation is 4. The Bertz CT molecular complexity index is 1120. The van der Waals surface area contributed by atoms with E-state index in [2.05, 4.69) is 45.7 Å². The van der Waals surface area contributed by atoms with Crippen molar-refractivity contribution < 1.29 is 8.96 Å². The molecule has 0 saturated heterocycles. The molecule has 2 aromatic heterocycles. The summed E-state index contributed by atoms with van der Waals surface area (Å²) < 4.78 is 20.5. The zero-order valence-corrected chi connectivity index (χ0v) is 14.6. The molecular formula is C21H21FN3+. The number of benzene rings is 2. The Hall–Kier alpha value is -2.62. The lowest BCUT2D eigenvalue weighted by atomic mass is 10.1. The van der Waals surface area contributed by atoms with Crippen molar-refractivity contribution in [2.24, 2.45) is 0 Å². The second kappa shape index (κ2) is 5.19. The van der Waals surface area contributed by atoms with Crippen LogP contribution < -0.4 is 4.57 Å². The van der Waals surface area contributed by atoms with Crippen LogP contribution in [0, 0.1) is 19.7 Å². The minimum Gasteiger partial charge on any atom is -0.227 e. The van der Waals surface area contributed by atoms with E-state index in [1.165, 1.54) is 34.4 Å². The average molecular weight is 334 g/mol. The van der Waals surface area contributed by atoms with Gasteiger partial charge in [-0.3, -0.25) is 0 Å². The molecule has 25 heavy (non-hydrogen) atoms. The van der Waals surface area contributed by atoms with Gasteiger partial charge in [0, 0.05) is 5.56 Å². The van der Waals surface area contributed by atoms with Gasteiger partial charge in [-0.15, -0.1) is 0 Å². The quantitative estimate of drug-likeness (QED) is 0.458. The largest absolute Gasteiger partial charge is 0.370 e. The third kappa shape index (κ3) is 2.06. The standard InChI is InChI=1S/C21H21FN3/c1-14-11-18-19(12-15(14)2)25-13-20(16-5-7-17(22)8-6-16)24-10-4-3-9-23(18)21(24)25/h5-8,11-13H,3-4,9-10H2,1-2H3/q+1. The molecule has 5 rings (SSSR count). The summed E-state index contributed by atoms with van der Waals surface area (Å²) in [6, 6.07) is 11.4. The topological polar surface area (TPSA) is 13.2 Å². The van der Waals surface area contributed by atoms with E-state index in [0.717, 1.165) is 30.8 Å². The Morgan fingerprint density at radius 3 is 2.56 bits per heavy atom. The summed E-state index contributed by atoms with van der Waals surface area (Å²) in [5, 5.41) is 0. The molecule has 0 spiro atoms. The van der Waals surface area contributed by atoms with Crippen LogP contribution in [-0.2, 0) is 13.1 Å². The molecule has 4 aromatic rings. The molecule has 2 aromatic carbocycles. The van der Waals surface area contributed by atoms with Crippen molar-refractivity contribution in [3.8, 4) is 11.3 Å². The minimum atomic E-state index is -0.190. The summed E-state index contributed by atoms with van der Waals surface area (Å²) in [5.74, 6) is 1.04. The SMILES string of the molecule is Cc1cc2c(cc1C)[n+]1c3n(c(-c4ccc(F)cc4)cn23)CCCC1. The number of aromatic nitrogens is 3. The molecular weight excluding hydrogens is 313 g/mol. The molecule has 0 aliphatic carbocycles. The molecule has 0 N–H and O–H groups in total. The molecule has 4 heteroatoms. The van der Waals surface area contributed by atoms with Crippen molar-refractivity contribution in [1.82, 2.24) is 8.97 Å². The van der Waals surface area contributed by atoms with Gasteiger partial charge in [0.05, 0.1) is 13.1 Å². The molecule has 0 unspecified atom stereocenters. The first-order valence-electron chi connectivity index (χ1n) is 8.94. The van der Waals surface area contributed by atoms with Crippen LogP contribution in [0.15, 0.2) is 42.6 Å². The fourth-order valence-corrected chi connectivity index (χ4v) is 4.07. The third-order valence-corrected chi connectivity index (χ3v) is 5.54. The van der Waals surface area contributed by atoms with Crippen LogP contribution in [0.25, 0.3) is 28.1 Å². The molecule has 3 heterocycles. The van der Waals surface area contributed by atoms with Crippen molar-refractivity contribution in [2.45, 2.75) is 39.8 Å². The Morgan fingerprint density at radius 1 is 1.00 bits per heavy atom. The van der Waals surface area contributed by atoms with E-state index in [1.807, 2.05) is 12.1 Å². The molecule has 1 aliphatic rings. The molecule has 1 aliphatic heterocycles. The highest BCUT2D eigenvalue weighted by Gasteiger charge is 2.28. The lowest BCUT2D eigenvalue weighted by Gasteiger charge is -2.02. The molecule has 3 nitrogen and oxygen atoms in total. The summed E-state index contributed by atoms with van der Waals surface area (Å²) in [6.07, 6.45) is 4.55. The monoisotopic (exact) mass is 334 g/mol. The Labute approximate surface area is 145 Å². The fourth-order valence-electron chi connectivity index (χ4n) is 4.07. The molecule has 126 valence electrons. The zero-order chi connectivity index (χ0) is 17.1. The van der Waals surface area contributed by atoms with Crippen molar-refractivity contribution in [3.63, 3.8) is 0 Å². The second-order valence-corrected chi connectivity index (χ2v) is 7.13. The maximum atomic E-state index is 13.3. The maximum Gasteiger partial charge on any atom is 0.370 e. The summed E-state index contributed by atoms with van der Waals surface area (Å²) in [7, 11) is 0. The second-order valence-electron chi connectivity index (χ2n) is 7.13. The summed E-state index contributed by atoms with van der Waals surface area (Å²) >= 11 is 0. The molecule has 0 amide bonds. The molecule has 0 radical (unpaired) electrons. The van der Waals surface area contributed by atoms with E-state index in [4.69, 9.17) is 0 Å². The van der Waals surface area contributed by atoms with Crippen molar-refractivity contribution in [3.05, 3.63) is 59.5 Å². The minimum absolute atomic E-state index is 0.190. The molecule has 0 atom stereocenters. The molecule has 0 bridgehead atoms. The maximum absolute atomic E-state index is 13.3. The van der Waals surface area contributed by atoms with Crippen LogP contribution in [0.3, 0.4) is 0 Å². The summed E-state index contributed by atoms with van der Waals surface area (Å²) in [5.41, 5.74) is 7.43. The van der Waals surface area contributed by atoms with Gasteiger partial charge in [-0.1, -0.05) is 0 Å². The van der Waals surface area contributed by atoms with Crippen LogP contribution in [0.5, 0.6) is 0 Å². The zero-order valence-electron chi connectivity index (χ0n) is 14.6. The first kappa shape index (κ1) is 14.7. The van der Waals surface area contributed by atoms with Gasteiger partial charge in [0.2, 0.25) is 0 Å². The van der Waals surface area contributed by atoms with Gasteiger partial charge in [-0.05, 0) is 74.2 Å². The van der Waals surface area contributed by atoms with Gasteiger partial charge in [-0.2, -0.15) is 4.40 Å². The predicted octanol–water partition coefficient (Wildman–Crippen LogP) is 4.40. The number of fused-ring (bicyclic) bond motifs is 3. The van der Waals surface area contributed by atoms with Gasteiger partial charge in [0.1, 0.15) is 28.7 Å². The highest BCUT2D eigenvalue weighted by atomic mass is 19.1. The summed E-state index contributed by atoms with van der Waals surface area (Å²) in [6.45, 7) is 6.39. The number of rotatable bonds is 1. The number of hydrogen-bond donors (Lipinski definition) is 0. The van der Waals surface area contributed by atoms with Crippen LogP contribution >= 0.6 is 0 Å². The smallest absolute Gasteiger partial charge is 0.227 e. The Kier molecular flexibility index (Phi) is 3.05. The van der Waals surface area contributed by atoms with Crippen LogP contribution in [0.2, 0.25) is 0 Å². The van der Waals surface area contributed by atoms with Gasteiger partial charge in [-0.25, -0.2) is 13.5 Å². The Morgan fingerprint density at radius 2 is 1.76 bits per heavy atom. The van der Waals surface area contributed by atoms with Crippen molar-refractivity contribution in [2.75, 3.05) is 0 Å². The summed E-state index contributed by atoms with van der Waals surface area (Å²) in [4.78, 5) is 0. The van der Waals surface area contributed by atoms with Crippen LogP contribution in [0.1, 0.15) is 24.0 Å². The normalized spacial score (nSPS) is 14.4. The highest BCUT2D eigenvalue weighted by Crippen LogP contribution is 2.29. The van der Waals surface area contributed by atoms with Crippen molar-refractivity contribution >= 4 is 16.8 Å². The number of hydrogen-bond acceptors (Lipinski definition) is 0.